The van der Waals surface area contributed by atoms with Crippen LogP contribution in [-0.4, -0.2) is 49.3 Å². The summed E-state index contributed by atoms with van der Waals surface area (Å²) in [7, 11) is -4.38. The predicted molar refractivity (Wildman–Crippen MR) is 183 cm³/mol. The molecule has 0 fully saturated rings. The Hall–Kier alpha value is -2.03. The summed E-state index contributed by atoms with van der Waals surface area (Å²) >= 11 is 0. The Labute approximate surface area is 273 Å². The van der Waals surface area contributed by atoms with Gasteiger partial charge in [0, 0.05) is 19.4 Å². The summed E-state index contributed by atoms with van der Waals surface area (Å²) in [5.41, 5.74) is 5.31. The van der Waals surface area contributed by atoms with E-state index in [2.05, 4.69) is 62.5 Å². The van der Waals surface area contributed by atoms with Gasteiger partial charge in [-0.15, -0.1) is 0 Å². The van der Waals surface area contributed by atoms with E-state index in [1.165, 1.54) is 38.5 Å². The van der Waals surface area contributed by atoms with E-state index in [-0.39, 0.29) is 32.6 Å². The van der Waals surface area contributed by atoms with Crippen molar-refractivity contribution in [2.45, 2.75) is 136 Å². The van der Waals surface area contributed by atoms with Crippen LogP contribution in [0.25, 0.3) is 0 Å². The summed E-state index contributed by atoms with van der Waals surface area (Å²) in [6.45, 7) is 3.51. The van der Waals surface area contributed by atoms with Gasteiger partial charge in [0.1, 0.15) is 6.61 Å². The van der Waals surface area contributed by atoms with Crippen LogP contribution in [0.15, 0.2) is 48.6 Å². The maximum absolute atomic E-state index is 12.5. The first-order valence-electron chi connectivity index (χ1n) is 17.1. The minimum atomic E-state index is -4.38. The molecule has 0 aliphatic heterocycles. The van der Waals surface area contributed by atoms with Gasteiger partial charge in [0.15, 0.2) is 6.10 Å². The van der Waals surface area contributed by atoms with Crippen molar-refractivity contribution in [2.75, 3.05) is 26.4 Å². The van der Waals surface area contributed by atoms with Gasteiger partial charge in [0.2, 0.25) is 0 Å². The molecule has 10 heteroatoms. The number of nitrogens with two attached hydrogens (primary N) is 1. The third-order valence-corrected chi connectivity index (χ3v) is 7.71. The molecule has 1 unspecified atom stereocenters. The highest BCUT2D eigenvalue weighted by Crippen LogP contribution is 2.43. The summed E-state index contributed by atoms with van der Waals surface area (Å²) in [4.78, 5) is 34.5. The fraction of sp³-hybridized carbons (Fsp3) is 0.714. The molecule has 3 N–H and O–H groups in total. The topological polar surface area (TPSA) is 134 Å². The van der Waals surface area contributed by atoms with Gasteiger partial charge >= 0.3 is 19.8 Å². The number of hydrogen-bond acceptors (Lipinski definition) is 8. The Morgan fingerprint density at radius 3 is 1.82 bits per heavy atom. The lowest BCUT2D eigenvalue weighted by atomic mass is 10.1. The van der Waals surface area contributed by atoms with Crippen molar-refractivity contribution >= 4 is 19.8 Å². The van der Waals surface area contributed by atoms with Crippen LogP contribution in [0.1, 0.15) is 129 Å². The molecule has 0 aromatic carbocycles. The lowest BCUT2D eigenvalue weighted by molar-refractivity contribution is -0.161. The van der Waals surface area contributed by atoms with E-state index in [0.29, 0.717) is 6.42 Å². The second-order valence-corrected chi connectivity index (χ2v) is 12.5. The van der Waals surface area contributed by atoms with E-state index in [1.54, 1.807) is 0 Å². The third kappa shape index (κ3) is 31.7. The monoisotopic (exact) mass is 655 g/mol. The van der Waals surface area contributed by atoms with Crippen molar-refractivity contribution < 1.29 is 37.6 Å². The lowest BCUT2D eigenvalue weighted by Gasteiger charge is -2.19. The first-order valence-corrected chi connectivity index (χ1v) is 18.6. The summed E-state index contributed by atoms with van der Waals surface area (Å²) in [6, 6.07) is 0. The summed E-state index contributed by atoms with van der Waals surface area (Å²) in [5.74, 6) is -0.886. The second kappa shape index (κ2) is 31.9. The van der Waals surface area contributed by atoms with Crippen LogP contribution in [0, 0.1) is 0 Å². The van der Waals surface area contributed by atoms with E-state index in [0.717, 1.165) is 57.8 Å². The smallest absolute Gasteiger partial charge is 0.462 e. The van der Waals surface area contributed by atoms with Crippen LogP contribution in [-0.2, 0) is 32.7 Å². The molecule has 0 heterocycles. The van der Waals surface area contributed by atoms with Crippen LogP contribution in [0.5, 0.6) is 0 Å². The number of rotatable bonds is 31. The van der Waals surface area contributed by atoms with Crippen molar-refractivity contribution in [3.05, 3.63) is 48.6 Å². The molecule has 45 heavy (non-hydrogen) atoms. The Balaban J connectivity index is 4.37. The quantitative estimate of drug-likeness (QED) is 0.0325. The normalized spacial score (nSPS) is 14.1. The molecule has 2 atom stereocenters. The molecule has 0 rings (SSSR count). The van der Waals surface area contributed by atoms with Crippen molar-refractivity contribution in [1.29, 1.82) is 0 Å². The van der Waals surface area contributed by atoms with Crippen LogP contribution in [0.3, 0.4) is 0 Å². The van der Waals surface area contributed by atoms with Gasteiger partial charge in [0.25, 0.3) is 0 Å². The van der Waals surface area contributed by atoms with Gasteiger partial charge in [-0.1, -0.05) is 114 Å². The molecule has 0 spiro atoms. The minimum Gasteiger partial charge on any atom is -0.462 e. The zero-order chi connectivity index (χ0) is 33.3. The average molecular weight is 656 g/mol. The largest absolute Gasteiger partial charge is 0.472 e. The molecule has 0 aromatic heterocycles. The maximum Gasteiger partial charge on any atom is 0.472 e. The molecular formula is C35H62NO8P. The van der Waals surface area contributed by atoms with Crippen molar-refractivity contribution in [1.82, 2.24) is 0 Å². The molecule has 0 aromatic rings. The van der Waals surface area contributed by atoms with Gasteiger partial charge in [-0.25, -0.2) is 4.57 Å². The lowest BCUT2D eigenvalue weighted by Crippen LogP contribution is -2.29. The molecule has 0 bridgehead atoms. The number of phosphoric acid groups is 1. The molecule has 0 amide bonds. The fourth-order valence-corrected chi connectivity index (χ4v) is 4.98. The molecular weight excluding hydrogens is 593 g/mol. The van der Waals surface area contributed by atoms with Crippen molar-refractivity contribution in [2.24, 2.45) is 5.73 Å². The first-order chi connectivity index (χ1) is 21.8. The molecule has 260 valence electrons. The summed E-state index contributed by atoms with van der Waals surface area (Å²) < 4.78 is 32.5. The van der Waals surface area contributed by atoms with E-state index in [9.17, 15) is 19.0 Å². The van der Waals surface area contributed by atoms with Gasteiger partial charge in [0.05, 0.1) is 13.2 Å². The Morgan fingerprint density at radius 1 is 0.689 bits per heavy atom. The second-order valence-electron chi connectivity index (χ2n) is 11.0. The Morgan fingerprint density at radius 2 is 1.22 bits per heavy atom. The first kappa shape index (κ1) is 43.0. The number of allylic oxidation sites excluding steroid dienone is 8. The average Bonchev–Trinajstić information content (AvgIpc) is 3.02. The predicted octanol–water partition coefficient (Wildman–Crippen LogP) is 8.82. The van der Waals surface area contributed by atoms with Crippen LogP contribution in [0.2, 0.25) is 0 Å². The van der Waals surface area contributed by atoms with Crippen LogP contribution >= 0.6 is 7.82 Å². The number of phosphoric ester groups is 1. The summed E-state index contributed by atoms with van der Waals surface area (Å²) in [5, 5.41) is 0. The van der Waals surface area contributed by atoms with E-state index < -0.39 is 32.5 Å². The Kier molecular flexibility index (Phi) is 30.5. The highest BCUT2D eigenvalue weighted by atomic mass is 31.2. The minimum absolute atomic E-state index is 0.0453. The van der Waals surface area contributed by atoms with E-state index >= 15 is 0 Å². The van der Waals surface area contributed by atoms with Crippen LogP contribution < -0.4 is 5.73 Å². The highest BCUT2D eigenvalue weighted by molar-refractivity contribution is 7.47. The number of ether oxygens (including phenoxy) is 2. The number of hydrogen-bond donors (Lipinski definition) is 2. The van der Waals surface area contributed by atoms with E-state index in [1.807, 2.05) is 0 Å². The summed E-state index contributed by atoms with van der Waals surface area (Å²) in [6.07, 6.45) is 33.0. The van der Waals surface area contributed by atoms with Gasteiger partial charge in [-0.2, -0.15) is 0 Å². The van der Waals surface area contributed by atoms with Crippen LogP contribution in [0.4, 0.5) is 0 Å². The zero-order valence-corrected chi connectivity index (χ0v) is 29.0. The number of carbonyl (C=O) groups is 2. The van der Waals surface area contributed by atoms with Crippen molar-refractivity contribution in [3.8, 4) is 0 Å². The maximum atomic E-state index is 12.5. The van der Waals surface area contributed by atoms with Crippen molar-refractivity contribution in [3.63, 3.8) is 0 Å². The third-order valence-electron chi connectivity index (χ3n) is 6.73. The molecule has 0 saturated heterocycles. The molecule has 0 saturated carbocycles. The highest BCUT2D eigenvalue weighted by Gasteiger charge is 2.25. The van der Waals surface area contributed by atoms with Gasteiger partial charge in [-0.3, -0.25) is 18.6 Å². The standard InChI is InChI=1S/C35H62NO8P/c1-3-5-7-9-11-13-14-15-16-17-18-20-22-24-26-28-35(38)44-33(32-43-45(39,40)42-30-29-36)31-41-34(37)27-25-23-21-19-12-10-8-6-4-2/h5,7,11,13,15-16,18,20,33H,3-4,6,8-10,12,14,17,19,21-32,36H2,1-2H3,(H,39,40)/b7-5+,13-11+,16-15+,20-18+/t33-/m1/s1. The van der Waals surface area contributed by atoms with E-state index in [4.69, 9.17) is 24.3 Å². The zero-order valence-electron chi connectivity index (χ0n) is 28.1. The SMILES string of the molecule is CC/C=C/C/C=C/C/C=C/C/C=C/CCCCC(=O)O[C@H](COC(=O)CCCCCCCCCCC)COP(=O)(O)OCCN. The number of esters is 2. The Bertz CT molecular complexity index is 887. The molecule has 0 aliphatic carbocycles. The van der Waals surface area contributed by atoms with Gasteiger partial charge < -0.3 is 20.1 Å². The number of carbonyl (C=O) groups excluding carboxylic acids is 2. The number of unbranched alkanes of at least 4 members (excludes halogenated alkanes) is 10. The fourth-order valence-electron chi connectivity index (χ4n) is 4.21. The van der Waals surface area contributed by atoms with Gasteiger partial charge in [-0.05, 0) is 51.4 Å². The molecule has 0 radical (unpaired) electrons. The molecule has 9 nitrogen and oxygen atoms in total. The molecule has 0 aliphatic rings.